The Bertz CT molecular complexity index is 368. The van der Waals surface area contributed by atoms with Gasteiger partial charge in [0.15, 0.2) is 0 Å². The van der Waals surface area contributed by atoms with Crippen LogP contribution in [0.5, 0.6) is 0 Å². The van der Waals surface area contributed by atoms with E-state index in [9.17, 15) is 0 Å². The summed E-state index contributed by atoms with van der Waals surface area (Å²) in [6.07, 6.45) is 0.633. The highest BCUT2D eigenvalue weighted by Gasteiger charge is 2.06. The summed E-state index contributed by atoms with van der Waals surface area (Å²) in [5, 5.41) is 4.42. The number of nitrogens with one attached hydrogen (secondary N) is 1. The molecule has 1 atom stereocenters. The molecule has 0 aliphatic heterocycles. The topological polar surface area (TPSA) is 38.0 Å². The second-order valence-electron chi connectivity index (χ2n) is 3.34. The van der Waals surface area contributed by atoms with Gasteiger partial charge in [-0.1, -0.05) is 35.4 Å². The highest BCUT2D eigenvalue weighted by Crippen LogP contribution is 2.26. The molecule has 0 aliphatic rings. The third kappa shape index (κ3) is 4.24. The predicted molar refractivity (Wildman–Crippen MR) is 70.9 cm³/mol. The third-order valence-corrected chi connectivity index (χ3v) is 2.55. The van der Waals surface area contributed by atoms with Gasteiger partial charge in [-0.15, -0.1) is 0 Å². The average molecular weight is 263 g/mol. The zero-order chi connectivity index (χ0) is 11.4. The molecule has 3 N–H and O–H groups in total. The van der Waals surface area contributed by atoms with Crippen molar-refractivity contribution < 1.29 is 0 Å². The molecular formula is C10H12Cl2N2S. The Kier molecular flexibility index (Phi) is 4.64. The Balaban J connectivity index is 2.68. The zero-order valence-electron chi connectivity index (χ0n) is 8.26. The summed E-state index contributed by atoms with van der Waals surface area (Å²) in [7, 11) is 0. The Labute approximate surface area is 105 Å². The molecule has 5 heteroatoms. The molecule has 15 heavy (non-hydrogen) atoms. The Morgan fingerprint density at radius 3 is 2.73 bits per heavy atom. The largest absolute Gasteiger partial charge is 0.393 e. The van der Waals surface area contributed by atoms with E-state index < -0.39 is 0 Å². The van der Waals surface area contributed by atoms with Crippen molar-refractivity contribution in [2.75, 3.05) is 5.32 Å². The van der Waals surface area contributed by atoms with E-state index >= 15 is 0 Å². The lowest BCUT2D eigenvalue weighted by Gasteiger charge is -2.15. The number of hydrogen-bond donors (Lipinski definition) is 2. The van der Waals surface area contributed by atoms with E-state index in [0.717, 1.165) is 5.69 Å². The summed E-state index contributed by atoms with van der Waals surface area (Å²) in [6.45, 7) is 1.99. The van der Waals surface area contributed by atoms with Crippen LogP contribution in [0.25, 0.3) is 0 Å². The zero-order valence-corrected chi connectivity index (χ0v) is 10.6. The molecule has 82 valence electrons. The smallest absolute Gasteiger partial charge is 0.0747 e. The van der Waals surface area contributed by atoms with Gasteiger partial charge in [0.25, 0.3) is 0 Å². The molecule has 1 rings (SSSR count). The van der Waals surface area contributed by atoms with Gasteiger partial charge in [0.2, 0.25) is 0 Å². The summed E-state index contributed by atoms with van der Waals surface area (Å²) in [6, 6.07) is 5.46. The van der Waals surface area contributed by atoms with Gasteiger partial charge in [0.05, 0.1) is 15.7 Å². The lowest BCUT2D eigenvalue weighted by Crippen LogP contribution is -2.22. The number of halogens is 2. The van der Waals surface area contributed by atoms with E-state index in [1.807, 2.05) is 13.0 Å². The molecule has 0 fully saturated rings. The molecule has 0 saturated heterocycles. The van der Waals surface area contributed by atoms with E-state index in [1.165, 1.54) is 0 Å². The Hall–Kier alpha value is -0.510. The quantitative estimate of drug-likeness (QED) is 0.817. The molecule has 0 aromatic heterocycles. The fourth-order valence-corrected chi connectivity index (χ4v) is 1.94. The number of hydrogen-bond acceptors (Lipinski definition) is 2. The number of thiocarbonyl (C=S) groups is 1. The summed E-state index contributed by atoms with van der Waals surface area (Å²) in [4.78, 5) is 0.486. The van der Waals surface area contributed by atoms with Crippen LogP contribution in [-0.2, 0) is 0 Å². The summed E-state index contributed by atoms with van der Waals surface area (Å²) >= 11 is 16.6. The van der Waals surface area contributed by atoms with Crippen molar-refractivity contribution in [1.29, 1.82) is 0 Å². The number of benzene rings is 1. The maximum Gasteiger partial charge on any atom is 0.0747 e. The molecule has 0 amide bonds. The van der Waals surface area contributed by atoms with Crippen LogP contribution in [-0.4, -0.2) is 11.0 Å². The minimum Gasteiger partial charge on any atom is -0.393 e. The lowest BCUT2D eigenvalue weighted by molar-refractivity contribution is 0.840. The molecule has 1 aromatic carbocycles. The van der Waals surface area contributed by atoms with Gasteiger partial charge >= 0.3 is 0 Å². The van der Waals surface area contributed by atoms with Crippen LogP contribution in [0.1, 0.15) is 13.3 Å². The standard InChI is InChI=1S/C10H12Cl2N2S/c1-6(4-10(13)15)14-9-3-2-7(11)5-8(9)12/h2-3,5-6,14H,4H2,1H3,(H2,13,15). The number of rotatable bonds is 4. The third-order valence-electron chi connectivity index (χ3n) is 1.84. The van der Waals surface area contributed by atoms with Gasteiger partial charge in [-0.2, -0.15) is 0 Å². The second-order valence-corrected chi connectivity index (χ2v) is 4.71. The van der Waals surface area contributed by atoms with Crippen molar-refractivity contribution in [1.82, 2.24) is 0 Å². The van der Waals surface area contributed by atoms with Crippen molar-refractivity contribution in [2.45, 2.75) is 19.4 Å². The molecule has 0 spiro atoms. The highest BCUT2D eigenvalue weighted by atomic mass is 35.5. The molecule has 0 heterocycles. The lowest BCUT2D eigenvalue weighted by atomic mass is 10.2. The van der Waals surface area contributed by atoms with Gasteiger partial charge in [-0.05, 0) is 25.1 Å². The predicted octanol–water partition coefficient (Wildman–Crippen LogP) is 3.47. The fourth-order valence-electron chi connectivity index (χ4n) is 1.22. The number of anilines is 1. The van der Waals surface area contributed by atoms with Crippen LogP contribution in [0.3, 0.4) is 0 Å². The summed E-state index contributed by atoms with van der Waals surface area (Å²) in [5.41, 5.74) is 6.28. The maximum absolute atomic E-state index is 6.00. The molecule has 2 nitrogen and oxygen atoms in total. The van der Waals surface area contributed by atoms with Crippen LogP contribution < -0.4 is 11.1 Å². The summed E-state index contributed by atoms with van der Waals surface area (Å²) < 4.78 is 0. The first-order valence-electron chi connectivity index (χ1n) is 4.49. The van der Waals surface area contributed by atoms with E-state index in [4.69, 9.17) is 41.2 Å². The number of nitrogens with two attached hydrogens (primary N) is 1. The van der Waals surface area contributed by atoms with E-state index in [1.54, 1.807) is 12.1 Å². The van der Waals surface area contributed by atoms with Crippen molar-refractivity contribution in [3.63, 3.8) is 0 Å². The minimum absolute atomic E-state index is 0.154. The Morgan fingerprint density at radius 1 is 1.53 bits per heavy atom. The van der Waals surface area contributed by atoms with Gasteiger partial charge in [-0.3, -0.25) is 0 Å². The first-order chi connectivity index (χ1) is 6.99. The van der Waals surface area contributed by atoms with Crippen LogP contribution in [0.15, 0.2) is 18.2 Å². The summed E-state index contributed by atoms with van der Waals surface area (Å²) in [5.74, 6) is 0. The van der Waals surface area contributed by atoms with E-state index in [-0.39, 0.29) is 6.04 Å². The van der Waals surface area contributed by atoms with Crippen molar-refractivity contribution in [2.24, 2.45) is 5.73 Å². The molecule has 1 aromatic rings. The van der Waals surface area contributed by atoms with Crippen molar-refractivity contribution in [3.8, 4) is 0 Å². The van der Waals surface area contributed by atoms with Crippen LogP contribution in [0.4, 0.5) is 5.69 Å². The van der Waals surface area contributed by atoms with Crippen molar-refractivity contribution >= 4 is 46.1 Å². The maximum atomic E-state index is 6.00. The molecule has 0 aliphatic carbocycles. The van der Waals surface area contributed by atoms with Crippen LogP contribution >= 0.6 is 35.4 Å². The molecule has 0 saturated carbocycles. The normalized spacial score (nSPS) is 12.2. The monoisotopic (exact) mass is 262 g/mol. The molecule has 0 radical (unpaired) electrons. The minimum atomic E-state index is 0.154. The first-order valence-corrected chi connectivity index (χ1v) is 5.65. The molecule has 1 unspecified atom stereocenters. The SMILES string of the molecule is CC(CC(N)=S)Nc1ccc(Cl)cc1Cl. The van der Waals surface area contributed by atoms with E-state index in [0.29, 0.717) is 21.5 Å². The molecular weight excluding hydrogens is 251 g/mol. The van der Waals surface area contributed by atoms with Crippen molar-refractivity contribution in [3.05, 3.63) is 28.2 Å². The van der Waals surface area contributed by atoms with Gasteiger partial charge in [-0.25, -0.2) is 0 Å². The highest BCUT2D eigenvalue weighted by molar-refractivity contribution is 7.80. The van der Waals surface area contributed by atoms with E-state index in [2.05, 4.69) is 5.32 Å². The fraction of sp³-hybridized carbons (Fsp3) is 0.300. The van der Waals surface area contributed by atoms with Crippen LogP contribution in [0.2, 0.25) is 10.0 Å². The average Bonchev–Trinajstić information content (AvgIpc) is 2.08. The molecule has 0 bridgehead atoms. The first kappa shape index (κ1) is 12.6. The second kappa shape index (κ2) is 5.54. The van der Waals surface area contributed by atoms with Gasteiger partial charge in [0, 0.05) is 17.5 Å². The van der Waals surface area contributed by atoms with Gasteiger partial charge < -0.3 is 11.1 Å². The van der Waals surface area contributed by atoms with Crippen LogP contribution in [0, 0.1) is 0 Å². The Morgan fingerprint density at radius 2 is 2.20 bits per heavy atom. The van der Waals surface area contributed by atoms with Gasteiger partial charge in [0.1, 0.15) is 0 Å².